The summed E-state index contributed by atoms with van der Waals surface area (Å²) in [5.41, 5.74) is 5.25. The van der Waals surface area contributed by atoms with Gasteiger partial charge in [-0.3, -0.25) is 19.2 Å². The number of aliphatic hydroxyl groups is 2. The van der Waals surface area contributed by atoms with Gasteiger partial charge in [-0.15, -0.1) is 0 Å². The first kappa shape index (κ1) is 38.5. The molecule has 1 saturated heterocycles. The average molecular weight is 730 g/mol. The number of para-hydroxylation sites is 1. The number of hydrogen-bond donors (Lipinski definition) is 5. The van der Waals surface area contributed by atoms with Crippen LogP contribution in [0.4, 0.5) is 5.69 Å². The van der Waals surface area contributed by atoms with E-state index >= 15 is 0 Å². The van der Waals surface area contributed by atoms with Crippen molar-refractivity contribution in [1.82, 2.24) is 21.0 Å². The van der Waals surface area contributed by atoms with E-state index in [-0.39, 0.29) is 54.7 Å². The Morgan fingerprint density at radius 1 is 1.08 bits per heavy atom. The summed E-state index contributed by atoms with van der Waals surface area (Å²) in [4.78, 5) is 47.8. The quantitative estimate of drug-likeness (QED) is 0.137. The van der Waals surface area contributed by atoms with Crippen LogP contribution in [0.2, 0.25) is 0 Å². The second-order valence-electron chi connectivity index (χ2n) is 16.2. The molecule has 6 rings (SSSR count). The molecule has 3 fully saturated rings. The molecule has 3 aliphatic carbocycles. The lowest BCUT2D eigenvalue weighted by molar-refractivity contribution is -0.183. The number of hydroxylamine groups is 2. The van der Waals surface area contributed by atoms with Crippen molar-refractivity contribution in [3.8, 4) is 16.9 Å². The molecule has 5 N–H and O–H groups in total. The van der Waals surface area contributed by atoms with Gasteiger partial charge in [0.25, 0.3) is 5.91 Å². The van der Waals surface area contributed by atoms with E-state index in [1.165, 1.54) is 5.57 Å². The summed E-state index contributed by atoms with van der Waals surface area (Å²) in [6, 6.07) is 10.3. The van der Waals surface area contributed by atoms with Crippen molar-refractivity contribution in [2.24, 2.45) is 29.1 Å². The SMILES string of the molecule is C=C1[C@@H]2C3C(=C[C@@]13NC(=O)[C@@H]1[C@H]([C@H](C)O)[C@H](CO)ON1Cc1cccc(-c3cc(C(=O)NCCNC(=O)CC(C)C)cc(N(C)C)c3)c1OC)C2(C)C. The summed E-state index contributed by atoms with van der Waals surface area (Å²) in [7, 11) is 5.37. The Kier molecular flexibility index (Phi) is 10.6. The maximum atomic E-state index is 14.3. The first-order chi connectivity index (χ1) is 25.0. The van der Waals surface area contributed by atoms with Crippen molar-refractivity contribution < 1.29 is 34.2 Å². The molecule has 0 radical (unpaired) electrons. The number of amides is 3. The molecule has 4 aliphatic rings. The predicted octanol–water partition coefficient (Wildman–Crippen LogP) is 3.43. The third-order valence-electron chi connectivity index (χ3n) is 11.6. The Hall–Kier alpha value is -4.23. The maximum Gasteiger partial charge on any atom is 0.251 e. The van der Waals surface area contributed by atoms with Crippen LogP contribution in [0.5, 0.6) is 5.75 Å². The van der Waals surface area contributed by atoms with Crippen molar-refractivity contribution in [3.05, 3.63) is 71.3 Å². The molecule has 0 bridgehead atoms. The number of nitrogens with zero attached hydrogens (tertiary/aromatic N) is 2. The lowest BCUT2D eigenvalue weighted by Crippen LogP contribution is -2.81. The molecule has 3 amide bonds. The van der Waals surface area contributed by atoms with E-state index in [0.29, 0.717) is 35.8 Å². The average Bonchev–Trinajstić information content (AvgIpc) is 3.47. The Morgan fingerprint density at radius 3 is 2.40 bits per heavy atom. The first-order valence-electron chi connectivity index (χ1n) is 18.6. The van der Waals surface area contributed by atoms with Crippen molar-refractivity contribution in [3.63, 3.8) is 0 Å². The van der Waals surface area contributed by atoms with Crippen molar-refractivity contribution in [2.75, 3.05) is 45.8 Å². The smallest absolute Gasteiger partial charge is 0.251 e. The number of benzene rings is 2. The second kappa shape index (κ2) is 14.5. The highest BCUT2D eigenvalue weighted by atomic mass is 16.7. The predicted molar refractivity (Wildman–Crippen MR) is 203 cm³/mol. The summed E-state index contributed by atoms with van der Waals surface area (Å²) >= 11 is 0. The fraction of sp³-hybridized carbons (Fsp3) is 0.537. The van der Waals surface area contributed by atoms with Gasteiger partial charge in [0.15, 0.2) is 0 Å². The molecular weight excluding hydrogens is 674 g/mol. The Morgan fingerprint density at radius 2 is 1.79 bits per heavy atom. The van der Waals surface area contributed by atoms with E-state index in [9.17, 15) is 24.6 Å². The number of carbonyl (C=O) groups is 3. The summed E-state index contributed by atoms with van der Waals surface area (Å²) in [5, 5.41) is 31.8. The van der Waals surface area contributed by atoms with Crippen LogP contribution >= 0.6 is 0 Å². The Balaban J connectivity index is 1.25. The van der Waals surface area contributed by atoms with Gasteiger partial charge in [-0.05, 0) is 47.6 Å². The third kappa shape index (κ3) is 6.64. The van der Waals surface area contributed by atoms with Crippen LogP contribution in [-0.4, -0.2) is 97.7 Å². The van der Waals surface area contributed by atoms with Crippen molar-refractivity contribution in [2.45, 2.75) is 71.4 Å². The van der Waals surface area contributed by atoms with E-state index < -0.39 is 29.7 Å². The van der Waals surface area contributed by atoms with Crippen LogP contribution < -0.4 is 25.6 Å². The number of carbonyl (C=O) groups excluding carboxylic acids is 3. The fourth-order valence-electron chi connectivity index (χ4n) is 8.97. The zero-order chi connectivity index (χ0) is 38.6. The van der Waals surface area contributed by atoms with Gasteiger partial charge in [-0.1, -0.05) is 64.1 Å². The number of hydrogen-bond acceptors (Lipinski definition) is 9. The molecule has 2 aromatic carbocycles. The summed E-state index contributed by atoms with van der Waals surface area (Å²) in [6.45, 7) is 14.7. The van der Waals surface area contributed by atoms with Gasteiger partial charge in [0.05, 0.1) is 31.9 Å². The Labute approximate surface area is 312 Å². The highest BCUT2D eigenvalue weighted by molar-refractivity contribution is 5.97. The van der Waals surface area contributed by atoms with Gasteiger partial charge in [-0.25, -0.2) is 0 Å². The zero-order valence-electron chi connectivity index (χ0n) is 32.2. The van der Waals surface area contributed by atoms with Gasteiger partial charge >= 0.3 is 0 Å². The standard InChI is InChI=1S/C41H55N5O7/c1-22(2)15-32(49)42-13-14-43-38(50)27-16-26(17-28(18-27)45(7)8)29-12-10-11-25(37(29)52-9)20-46-36(33(24(4)48)31(21-47)53-46)39(51)44-41-19-30-35(41)34(23(41)3)40(30,5)6/h10-12,16-19,22,24,31,33-36,47-48H,3,13-15,20-21H2,1-2,4-9H3,(H,42,49)(H,43,50)(H,44,51)/t24-,31-,33+,34+,35?,36-,41+/m0/s1. The van der Waals surface area contributed by atoms with Gasteiger partial charge in [0, 0.05) is 73.7 Å². The van der Waals surface area contributed by atoms with Crippen LogP contribution in [0.3, 0.4) is 0 Å². The molecular formula is C41H55N5O7. The lowest BCUT2D eigenvalue weighted by Gasteiger charge is -2.77. The minimum absolute atomic E-state index is 0.0494. The molecule has 1 aliphatic heterocycles. The van der Waals surface area contributed by atoms with E-state index in [2.05, 4.69) is 42.5 Å². The number of aliphatic hydroxyl groups excluding tert-OH is 2. The molecule has 2 saturated carbocycles. The molecule has 0 spiro atoms. The Bertz CT molecular complexity index is 1820. The van der Waals surface area contributed by atoms with Crippen molar-refractivity contribution in [1.29, 1.82) is 0 Å². The van der Waals surface area contributed by atoms with Crippen LogP contribution in [-0.2, 0) is 21.0 Å². The first-order valence-corrected chi connectivity index (χ1v) is 18.6. The van der Waals surface area contributed by atoms with E-state index in [0.717, 1.165) is 22.4 Å². The molecule has 286 valence electrons. The molecule has 2 aromatic rings. The molecule has 0 aromatic heterocycles. The van der Waals surface area contributed by atoms with Gasteiger partial charge in [0.2, 0.25) is 11.8 Å². The summed E-state index contributed by atoms with van der Waals surface area (Å²) < 4.78 is 6.02. The fourth-order valence-corrected chi connectivity index (χ4v) is 8.97. The number of rotatable bonds is 15. The normalized spacial score (nSPS) is 27.0. The molecule has 12 nitrogen and oxygen atoms in total. The number of methoxy groups -OCH3 is 1. The lowest BCUT2D eigenvalue weighted by atomic mass is 9.28. The monoisotopic (exact) mass is 729 g/mol. The van der Waals surface area contributed by atoms with E-state index in [1.54, 1.807) is 25.2 Å². The van der Waals surface area contributed by atoms with E-state index in [1.807, 2.05) is 63.2 Å². The molecule has 53 heavy (non-hydrogen) atoms. The van der Waals surface area contributed by atoms with Gasteiger partial charge in [-0.2, -0.15) is 5.06 Å². The largest absolute Gasteiger partial charge is 0.496 e. The van der Waals surface area contributed by atoms with Crippen LogP contribution in [0, 0.1) is 29.1 Å². The summed E-state index contributed by atoms with van der Waals surface area (Å²) in [6.07, 6.45) is 0.818. The maximum absolute atomic E-state index is 14.3. The second-order valence-corrected chi connectivity index (χ2v) is 16.2. The number of anilines is 1. The highest BCUT2D eigenvalue weighted by Gasteiger charge is 2.77. The molecule has 12 heteroatoms. The van der Waals surface area contributed by atoms with E-state index in [4.69, 9.17) is 9.57 Å². The van der Waals surface area contributed by atoms with Crippen LogP contribution in [0.25, 0.3) is 11.1 Å². The van der Waals surface area contributed by atoms with Crippen LogP contribution in [0.15, 0.2) is 60.2 Å². The zero-order valence-corrected chi connectivity index (χ0v) is 32.2. The molecule has 1 heterocycles. The number of nitrogens with one attached hydrogen (secondary N) is 3. The molecule has 1 unspecified atom stereocenters. The van der Waals surface area contributed by atoms with Crippen LogP contribution in [0.1, 0.15) is 57.0 Å². The summed E-state index contributed by atoms with van der Waals surface area (Å²) in [5.74, 6) is 0.0475. The topological polar surface area (TPSA) is 153 Å². The number of ether oxygens (including phenoxy) is 1. The van der Waals surface area contributed by atoms with Gasteiger partial charge < -0.3 is 35.8 Å². The minimum atomic E-state index is -0.944. The van der Waals surface area contributed by atoms with Gasteiger partial charge in [0.1, 0.15) is 17.9 Å². The minimum Gasteiger partial charge on any atom is -0.496 e. The molecule has 7 atom stereocenters. The van der Waals surface area contributed by atoms with Crippen molar-refractivity contribution >= 4 is 23.4 Å². The highest BCUT2D eigenvalue weighted by Crippen LogP contribution is 2.78. The third-order valence-corrected chi connectivity index (χ3v) is 11.6.